The van der Waals surface area contributed by atoms with Gasteiger partial charge in [-0.25, -0.2) is 0 Å². The predicted molar refractivity (Wildman–Crippen MR) is 103 cm³/mol. The van der Waals surface area contributed by atoms with Crippen molar-refractivity contribution in [3.05, 3.63) is 33.2 Å². The van der Waals surface area contributed by atoms with Crippen LogP contribution in [0.2, 0.25) is 0 Å². The van der Waals surface area contributed by atoms with Gasteiger partial charge in [-0.1, -0.05) is 0 Å². The lowest BCUT2D eigenvalue weighted by molar-refractivity contribution is 0.170. The molecule has 3 aliphatic rings. The van der Waals surface area contributed by atoms with Gasteiger partial charge in [0.05, 0.1) is 12.7 Å². The van der Waals surface area contributed by atoms with E-state index < -0.39 is 0 Å². The molecule has 3 heterocycles. The highest BCUT2D eigenvalue weighted by atomic mass is 32.1. The first-order valence-electron chi connectivity index (χ1n) is 9.22. The molecule has 7 heteroatoms. The van der Waals surface area contributed by atoms with Crippen LogP contribution in [0.25, 0.3) is 0 Å². The number of nitrogens with zero attached hydrogens (tertiary/aromatic N) is 2. The molecule has 0 saturated carbocycles. The van der Waals surface area contributed by atoms with Gasteiger partial charge in [0.1, 0.15) is 17.2 Å². The summed E-state index contributed by atoms with van der Waals surface area (Å²) in [7, 11) is 3.77. The van der Waals surface area contributed by atoms with E-state index in [1.807, 2.05) is 0 Å². The number of hydrogen-bond acceptors (Lipinski definition) is 7. The zero-order valence-electron chi connectivity index (χ0n) is 15.4. The number of thiophene rings is 1. The lowest BCUT2D eigenvalue weighted by atomic mass is 9.95. The van der Waals surface area contributed by atoms with E-state index in [2.05, 4.69) is 29.4 Å². The molecule has 1 aromatic heterocycles. The summed E-state index contributed by atoms with van der Waals surface area (Å²) in [6.07, 6.45) is 4.08. The molecule has 0 fully saturated rings. The first-order chi connectivity index (χ1) is 13.2. The fraction of sp³-hybridized carbons (Fsp3) is 0.450. The third-order valence-corrected chi connectivity index (χ3v) is 6.92. The van der Waals surface area contributed by atoms with Crippen molar-refractivity contribution in [1.82, 2.24) is 4.90 Å². The molecule has 0 bridgehead atoms. The Morgan fingerprint density at radius 3 is 3.04 bits per heavy atom. The number of fused-ring (bicyclic) bond motifs is 3. The van der Waals surface area contributed by atoms with Crippen molar-refractivity contribution in [2.24, 2.45) is 0 Å². The maximum absolute atomic E-state index is 9.73. The van der Waals surface area contributed by atoms with Gasteiger partial charge in [0.2, 0.25) is 12.5 Å². The Hall–Kier alpha value is -2.43. The van der Waals surface area contributed by atoms with Crippen LogP contribution in [0.5, 0.6) is 17.2 Å². The number of benzene rings is 1. The molecule has 27 heavy (non-hydrogen) atoms. The zero-order chi connectivity index (χ0) is 18.5. The molecule has 0 radical (unpaired) electrons. The molecular weight excluding hydrogens is 362 g/mol. The molecule has 1 atom stereocenters. The molecule has 2 aromatic rings. The van der Waals surface area contributed by atoms with E-state index in [9.17, 15) is 5.26 Å². The first kappa shape index (κ1) is 16.7. The molecule has 6 nitrogen and oxygen atoms in total. The molecule has 140 valence electrons. The van der Waals surface area contributed by atoms with Gasteiger partial charge in [-0.2, -0.15) is 5.26 Å². The topological polar surface area (TPSA) is 66.8 Å². The summed E-state index contributed by atoms with van der Waals surface area (Å²) in [6.45, 7) is 1.14. The fourth-order valence-corrected chi connectivity index (χ4v) is 5.63. The van der Waals surface area contributed by atoms with Crippen LogP contribution in [0, 0.1) is 11.3 Å². The van der Waals surface area contributed by atoms with Crippen LogP contribution in [0.3, 0.4) is 0 Å². The molecule has 0 saturated heterocycles. The van der Waals surface area contributed by atoms with E-state index in [4.69, 9.17) is 14.2 Å². The van der Waals surface area contributed by atoms with Crippen LogP contribution in [0.15, 0.2) is 6.07 Å². The minimum atomic E-state index is -0.0796. The standard InChI is InChI=1S/C20H21N3O3S/c1-23-7-6-11-8-14-17(26-10-25-14)18(24-2)16(11)19(23)22-20-13(9-21)12-4-3-5-15(12)27-20/h8,19,22H,3-7,10H2,1-2H3/t19-/m1/s1. The summed E-state index contributed by atoms with van der Waals surface area (Å²) in [6, 6.07) is 4.50. The first-order valence-corrected chi connectivity index (χ1v) is 10.0. The lowest BCUT2D eigenvalue weighted by Crippen LogP contribution is -2.37. The minimum absolute atomic E-state index is 0.0796. The Balaban J connectivity index is 1.60. The molecule has 0 amide bonds. The second-order valence-electron chi connectivity index (χ2n) is 7.17. The molecule has 2 aliphatic heterocycles. The third-order valence-electron chi connectivity index (χ3n) is 5.70. The number of methoxy groups -OCH3 is 1. The average molecular weight is 383 g/mol. The Morgan fingerprint density at radius 2 is 2.22 bits per heavy atom. The number of likely N-dealkylation sites (N-methyl/N-ethyl adjacent to an activating group) is 1. The van der Waals surface area contributed by atoms with Crippen molar-refractivity contribution in [2.45, 2.75) is 31.8 Å². The highest BCUT2D eigenvalue weighted by Gasteiger charge is 2.35. The van der Waals surface area contributed by atoms with E-state index in [1.54, 1.807) is 18.4 Å². The van der Waals surface area contributed by atoms with Crippen molar-refractivity contribution in [3.8, 4) is 23.3 Å². The van der Waals surface area contributed by atoms with Gasteiger partial charge in [-0.15, -0.1) is 11.3 Å². The summed E-state index contributed by atoms with van der Waals surface area (Å²) in [5, 5.41) is 14.3. The lowest BCUT2D eigenvalue weighted by Gasteiger charge is -2.36. The Labute approximate surface area is 162 Å². The van der Waals surface area contributed by atoms with Crippen LogP contribution in [0.4, 0.5) is 5.00 Å². The summed E-state index contributed by atoms with van der Waals surface area (Å²) >= 11 is 1.73. The minimum Gasteiger partial charge on any atom is -0.492 e. The SMILES string of the molecule is COc1c2c(cc3c1[C@H](Nc1sc4c(c1C#N)CCC4)N(C)CC3)OCO2. The number of anilines is 1. The predicted octanol–water partition coefficient (Wildman–Crippen LogP) is 3.44. The maximum atomic E-state index is 9.73. The maximum Gasteiger partial charge on any atom is 0.231 e. The van der Waals surface area contributed by atoms with Crippen LogP contribution in [-0.2, 0) is 19.3 Å². The summed E-state index contributed by atoms with van der Waals surface area (Å²) in [5.74, 6) is 2.15. The number of nitrogens with one attached hydrogen (secondary N) is 1. The van der Waals surface area contributed by atoms with Crippen molar-refractivity contribution >= 4 is 16.3 Å². The second kappa shape index (κ2) is 6.32. The highest BCUT2D eigenvalue weighted by Crippen LogP contribution is 2.50. The van der Waals surface area contributed by atoms with Gasteiger partial charge in [0.15, 0.2) is 11.5 Å². The van der Waals surface area contributed by atoms with Crippen molar-refractivity contribution < 1.29 is 14.2 Å². The number of ether oxygens (including phenoxy) is 3. The van der Waals surface area contributed by atoms with Crippen molar-refractivity contribution in [3.63, 3.8) is 0 Å². The molecular formula is C20H21N3O3S. The summed E-state index contributed by atoms with van der Waals surface area (Å²) in [5.41, 5.74) is 4.33. The van der Waals surface area contributed by atoms with Crippen LogP contribution >= 0.6 is 11.3 Å². The van der Waals surface area contributed by atoms with Gasteiger partial charge in [-0.05, 0) is 49.9 Å². The molecule has 1 N–H and O–H groups in total. The van der Waals surface area contributed by atoms with Gasteiger partial charge >= 0.3 is 0 Å². The van der Waals surface area contributed by atoms with Crippen LogP contribution < -0.4 is 19.5 Å². The van der Waals surface area contributed by atoms with E-state index >= 15 is 0 Å². The van der Waals surface area contributed by atoms with E-state index in [1.165, 1.54) is 16.0 Å². The Kier molecular flexibility index (Phi) is 3.92. The van der Waals surface area contributed by atoms with Gasteiger partial charge in [-0.3, -0.25) is 4.90 Å². The largest absolute Gasteiger partial charge is 0.492 e. The summed E-state index contributed by atoms with van der Waals surface area (Å²) in [4.78, 5) is 3.62. The molecule has 0 unspecified atom stereocenters. The molecule has 1 aromatic carbocycles. The monoisotopic (exact) mass is 383 g/mol. The van der Waals surface area contributed by atoms with Crippen molar-refractivity contribution in [1.29, 1.82) is 5.26 Å². The Bertz CT molecular complexity index is 963. The van der Waals surface area contributed by atoms with Crippen molar-refractivity contribution in [2.75, 3.05) is 32.8 Å². The zero-order valence-corrected chi connectivity index (χ0v) is 16.2. The second-order valence-corrected chi connectivity index (χ2v) is 8.27. The third kappa shape index (κ3) is 2.47. The number of hydrogen-bond donors (Lipinski definition) is 1. The number of aryl methyl sites for hydroxylation is 1. The fourth-order valence-electron chi connectivity index (χ4n) is 4.36. The van der Waals surface area contributed by atoms with Crippen LogP contribution in [0.1, 0.15) is 39.7 Å². The molecule has 5 rings (SSSR count). The van der Waals surface area contributed by atoms with E-state index in [0.29, 0.717) is 5.75 Å². The quantitative estimate of drug-likeness (QED) is 0.876. The Morgan fingerprint density at radius 1 is 1.33 bits per heavy atom. The highest BCUT2D eigenvalue weighted by molar-refractivity contribution is 7.16. The molecule has 0 spiro atoms. The van der Waals surface area contributed by atoms with Gasteiger partial charge < -0.3 is 19.5 Å². The van der Waals surface area contributed by atoms with Crippen LogP contribution in [-0.4, -0.2) is 32.4 Å². The number of rotatable bonds is 3. The normalized spacial score (nSPS) is 20.1. The van der Waals surface area contributed by atoms with E-state index in [-0.39, 0.29) is 13.0 Å². The smallest absolute Gasteiger partial charge is 0.231 e. The summed E-state index contributed by atoms with van der Waals surface area (Å²) < 4.78 is 17.0. The van der Waals surface area contributed by atoms with E-state index in [0.717, 1.165) is 59.9 Å². The molecule has 1 aliphatic carbocycles. The number of nitriles is 1. The van der Waals surface area contributed by atoms with Gasteiger partial charge in [0.25, 0.3) is 0 Å². The van der Waals surface area contributed by atoms with Gasteiger partial charge in [0, 0.05) is 17.0 Å². The average Bonchev–Trinajstić information content (AvgIpc) is 3.37.